The largest absolute Gasteiger partial charge is 0.352 e. The monoisotopic (exact) mass is 248 g/mol. The van der Waals surface area contributed by atoms with Crippen LogP contribution in [-0.4, -0.2) is 18.5 Å². The maximum Gasteiger partial charge on any atom is 0.251 e. The molecule has 0 aliphatic rings. The lowest BCUT2D eigenvalue weighted by molar-refractivity contribution is 0.0952. The van der Waals surface area contributed by atoms with Crippen molar-refractivity contribution in [1.82, 2.24) is 5.32 Å². The molecule has 18 heavy (non-hydrogen) atoms. The first kappa shape index (κ1) is 14.7. The second-order valence-corrected chi connectivity index (χ2v) is 5.15. The Bertz CT molecular complexity index is 369. The lowest BCUT2D eigenvalue weighted by atomic mass is 10.0. The zero-order valence-corrected chi connectivity index (χ0v) is 11.6. The van der Waals surface area contributed by atoms with Crippen LogP contribution < -0.4 is 11.1 Å². The summed E-state index contributed by atoms with van der Waals surface area (Å²) in [6.07, 6.45) is 1.86. The van der Waals surface area contributed by atoms with Gasteiger partial charge in [-0.15, -0.1) is 0 Å². The van der Waals surface area contributed by atoms with Crippen LogP contribution in [0.15, 0.2) is 24.3 Å². The third-order valence-electron chi connectivity index (χ3n) is 2.96. The summed E-state index contributed by atoms with van der Waals surface area (Å²) in [4.78, 5) is 11.8. The molecule has 1 amide bonds. The Kier molecular flexibility index (Phi) is 5.86. The lowest BCUT2D eigenvalue weighted by Gasteiger charge is -2.08. The van der Waals surface area contributed by atoms with Crippen LogP contribution >= 0.6 is 0 Å². The first-order valence-corrected chi connectivity index (χ1v) is 6.64. The van der Waals surface area contributed by atoms with E-state index in [4.69, 9.17) is 5.73 Å². The molecule has 0 spiro atoms. The van der Waals surface area contributed by atoms with E-state index < -0.39 is 0 Å². The van der Waals surface area contributed by atoms with E-state index in [2.05, 4.69) is 19.2 Å². The molecular formula is C15H24N2O. The standard InChI is InChI=1S/C15H24N2O/c1-11(2)13-6-8-14(9-7-13)15(18)17-10-4-5-12(3)16/h6-9,11-12H,4-5,10,16H2,1-3H3,(H,17,18). The third kappa shape index (κ3) is 4.88. The van der Waals surface area contributed by atoms with Crippen LogP contribution in [0, 0.1) is 0 Å². The molecule has 0 aliphatic carbocycles. The van der Waals surface area contributed by atoms with Gasteiger partial charge in [-0.2, -0.15) is 0 Å². The fourth-order valence-corrected chi connectivity index (χ4v) is 1.75. The molecule has 3 heteroatoms. The van der Waals surface area contributed by atoms with E-state index in [9.17, 15) is 4.79 Å². The van der Waals surface area contributed by atoms with Crippen molar-refractivity contribution in [2.24, 2.45) is 5.73 Å². The van der Waals surface area contributed by atoms with Gasteiger partial charge < -0.3 is 11.1 Å². The summed E-state index contributed by atoms with van der Waals surface area (Å²) in [5, 5.41) is 2.91. The molecule has 0 fully saturated rings. The molecule has 0 saturated heterocycles. The summed E-state index contributed by atoms with van der Waals surface area (Å²) >= 11 is 0. The van der Waals surface area contributed by atoms with Gasteiger partial charge in [-0.25, -0.2) is 0 Å². The van der Waals surface area contributed by atoms with Gasteiger partial charge in [-0.1, -0.05) is 26.0 Å². The number of amides is 1. The minimum Gasteiger partial charge on any atom is -0.352 e. The van der Waals surface area contributed by atoms with Gasteiger partial charge in [0.05, 0.1) is 0 Å². The van der Waals surface area contributed by atoms with Gasteiger partial charge in [0.1, 0.15) is 0 Å². The average Bonchev–Trinajstić information content (AvgIpc) is 2.34. The zero-order valence-electron chi connectivity index (χ0n) is 11.6. The Balaban J connectivity index is 2.42. The number of hydrogen-bond donors (Lipinski definition) is 2. The van der Waals surface area contributed by atoms with Gasteiger partial charge in [0, 0.05) is 18.2 Å². The van der Waals surface area contributed by atoms with E-state index in [1.165, 1.54) is 5.56 Å². The van der Waals surface area contributed by atoms with Crippen molar-refractivity contribution in [3.05, 3.63) is 35.4 Å². The Morgan fingerprint density at radius 1 is 1.22 bits per heavy atom. The van der Waals surface area contributed by atoms with E-state index in [1.54, 1.807) is 0 Å². The van der Waals surface area contributed by atoms with Gasteiger partial charge in [0.2, 0.25) is 0 Å². The molecule has 3 N–H and O–H groups in total. The van der Waals surface area contributed by atoms with Crippen LogP contribution in [0.1, 0.15) is 55.5 Å². The number of carbonyl (C=O) groups excluding carboxylic acids is 1. The van der Waals surface area contributed by atoms with E-state index in [1.807, 2.05) is 31.2 Å². The van der Waals surface area contributed by atoms with Crippen LogP contribution in [0.4, 0.5) is 0 Å². The SMILES string of the molecule is CC(N)CCCNC(=O)c1ccc(C(C)C)cc1. The number of hydrogen-bond acceptors (Lipinski definition) is 2. The molecule has 1 aromatic rings. The molecule has 0 heterocycles. The molecule has 0 aromatic heterocycles. The van der Waals surface area contributed by atoms with Crippen molar-refractivity contribution < 1.29 is 4.79 Å². The quantitative estimate of drug-likeness (QED) is 0.760. The first-order chi connectivity index (χ1) is 8.50. The topological polar surface area (TPSA) is 55.1 Å². The van der Waals surface area contributed by atoms with Gasteiger partial charge in [0.25, 0.3) is 5.91 Å². The van der Waals surface area contributed by atoms with Crippen LogP contribution in [0.25, 0.3) is 0 Å². The molecule has 0 bridgehead atoms. The number of nitrogens with two attached hydrogens (primary N) is 1. The van der Waals surface area contributed by atoms with Crippen molar-refractivity contribution in [2.75, 3.05) is 6.54 Å². The van der Waals surface area contributed by atoms with Crippen molar-refractivity contribution in [2.45, 2.75) is 45.6 Å². The van der Waals surface area contributed by atoms with Crippen LogP contribution in [0.3, 0.4) is 0 Å². The summed E-state index contributed by atoms with van der Waals surface area (Å²) in [6.45, 7) is 6.95. The Labute approximate surface area is 110 Å². The van der Waals surface area contributed by atoms with E-state index in [0.717, 1.165) is 18.4 Å². The lowest BCUT2D eigenvalue weighted by Crippen LogP contribution is -2.26. The number of nitrogens with one attached hydrogen (secondary N) is 1. The van der Waals surface area contributed by atoms with Crippen LogP contribution in [0.5, 0.6) is 0 Å². The number of benzene rings is 1. The molecule has 0 saturated carbocycles. The van der Waals surface area contributed by atoms with Crippen molar-refractivity contribution in [3.8, 4) is 0 Å². The maximum atomic E-state index is 11.8. The molecule has 1 aromatic carbocycles. The summed E-state index contributed by atoms with van der Waals surface area (Å²) in [5.41, 5.74) is 7.63. The normalized spacial score (nSPS) is 12.5. The molecule has 3 nitrogen and oxygen atoms in total. The van der Waals surface area contributed by atoms with Gasteiger partial charge in [-0.3, -0.25) is 4.79 Å². The molecular weight excluding hydrogens is 224 g/mol. The number of rotatable bonds is 6. The fourth-order valence-electron chi connectivity index (χ4n) is 1.75. The highest BCUT2D eigenvalue weighted by Crippen LogP contribution is 2.14. The Morgan fingerprint density at radius 3 is 2.33 bits per heavy atom. The zero-order chi connectivity index (χ0) is 13.5. The molecule has 100 valence electrons. The summed E-state index contributed by atoms with van der Waals surface area (Å²) < 4.78 is 0. The first-order valence-electron chi connectivity index (χ1n) is 6.64. The predicted octanol–water partition coefficient (Wildman–Crippen LogP) is 2.67. The maximum absolute atomic E-state index is 11.8. The summed E-state index contributed by atoms with van der Waals surface area (Å²) in [7, 11) is 0. The highest BCUT2D eigenvalue weighted by Gasteiger charge is 2.05. The second kappa shape index (κ2) is 7.17. The van der Waals surface area contributed by atoms with Gasteiger partial charge in [0.15, 0.2) is 0 Å². The Morgan fingerprint density at radius 2 is 1.83 bits per heavy atom. The van der Waals surface area contributed by atoms with E-state index >= 15 is 0 Å². The highest BCUT2D eigenvalue weighted by atomic mass is 16.1. The molecule has 0 aliphatic heterocycles. The molecule has 0 radical (unpaired) electrons. The van der Waals surface area contributed by atoms with Crippen molar-refractivity contribution in [3.63, 3.8) is 0 Å². The van der Waals surface area contributed by atoms with Crippen molar-refractivity contribution >= 4 is 5.91 Å². The van der Waals surface area contributed by atoms with E-state index in [0.29, 0.717) is 12.5 Å². The summed E-state index contributed by atoms with van der Waals surface area (Å²) in [5.74, 6) is 0.489. The van der Waals surface area contributed by atoms with E-state index in [-0.39, 0.29) is 11.9 Å². The van der Waals surface area contributed by atoms with Crippen LogP contribution in [-0.2, 0) is 0 Å². The van der Waals surface area contributed by atoms with Gasteiger partial charge >= 0.3 is 0 Å². The molecule has 1 atom stereocenters. The number of carbonyl (C=O) groups is 1. The van der Waals surface area contributed by atoms with Crippen LogP contribution in [0.2, 0.25) is 0 Å². The van der Waals surface area contributed by atoms with Crippen molar-refractivity contribution in [1.29, 1.82) is 0 Å². The smallest absolute Gasteiger partial charge is 0.251 e. The minimum atomic E-state index is -0.00465. The third-order valence-corrected chi connectivity index (χ3v) is 2.96. The Hall–Kier alpha value is -1.35. The molecule has 1 rings (SSSR count). The minimum absolute atomic E-state index is 0.00465. The second-order valence-electron chi connectivity index (χ2n) is 5.15. The highest BCUT2D eigenvalue weighted by molar-refractivity contribution is 5.94. The fraction of sp³-hybridized carbons (Fsp3) is 0.533. The summed E-state index contributed by atoms with van der Waals surface area (Å²) in [6, 6.07) is 8.00. The van der Waals surface area contributed by atoms with Gasteiger partial charge in [-0.05, 0) is 43.4 Å². The molecule has 1 unspecified atom stereocenters. The average molecular weight is 248 g/mol. The predicted molar refractivity (Wildman–Crippen MR) is 75.7 cm³/mol.